The summed E-state index contributed by atoms with van der Waals surface area (Å²) in [4.78, 5) is 51.2. The average molecular weight is 545 g/mol. The Hall–Kier alpha value is -3.72. The van der Waals surface area contributed by atoms with Crippen LogP contribution >= 0.6 is 0 Å². The number of carbonyl (C=O) groups excluding carboxylic acids is 3. The SMILES string of the molecule is Cc1cccc(NC(=O)NC2N=C(CN(C)C)c3cccc(C)c3N(CC(=O)N3CC4CCC(CC4)C3)C2=O)c1. The fourth-order valence-corrected chi connectivity index (χ4v) is 6.21. The zero-order chi connectivity index (χ0) is 28.4. The third-order valence-electron chi connectivity index (χ3n) is 8.18. The van der Waals surface area contributed by atoms with Crippen LogP contribution in [0.25, 0.3) is 0 Å². The summed E-state index contributed by atoms with van der Waals surface area (Å²) in [5.41, 5.74) is 4.67. The highest BCUT2D eigenvalue weighted by Crippen LogP contribution is 2.35. The molecule has 9 nitrogen and oxygen atoms in total. The molecule has 1 aliphatic carbocycles. The number of likely N-dealkylation sites (N-methyl/N-ethyl adjacent to an activating group) is 1. The van der Waals surface area contributed by atoms with E-state index < -0.39 is 18.1 Å². The van der Waals surface area contributed by atoms with Crippen LogP contribution in [-0.2, 0) is 9.59 Å². The summed E-state index contributed by atoms with van der Waals surface area (Å²) in [7, 11) is 3.87. The fraction of sp³-hybridized carbons (Fsp3) is 0.484. The number of amides is 4. The first kappa shape index (κ1) is 27.8. The van der Waals surface area contributed by atoms with Gasteiger partial charge in [0.15, 0.2) is 0 Å². The van der Waals surface area contributed by atoms with Crippen molar-refractivity contribution in [2.75, 3.05) is 50.5 Å². The van der Waals surface area contributed by atoms with Crippen LogP contribution in [0, 0.1) is 25.7 Å². The van der Waals surface area contributed by atoms with Gasteiger partial charge >= 0.3 is 6.03 Å². The van der Waals surface area contributed by atoms with Crippen LogP contribution in [0.5, 0.6) is 0 Å². The Morgan fingerprint density at radius 2 is 1.68 bits per heavy atom. The molecule has 2 saturated heterocycles. The Morgan fingerprint density at radius 3 is 2.33 bits per heavy atom. The number of carbonyl (C=O) groups is 3. The van der Waals surface area contributed by atoms with Gasteiger partial charge in [0, 0.05) is 30.9 Å². The lowest BCUT2D eigenvalue weighted by molar-refractivity contribution is -0.132. The summed E-state index contributed by atoms with van der Waals surface area (Å²) < 4.78 is 0. The maximum Gasteiger partial charge on any atom is 0.321 e. The van der Waals surface area contributed by atoms with E-state index in [2.05, 4.69) is 10.6 Å². The topological polar surface area (TPSA) is 97.3 Å². The number of benzene rings is 2. The molecule has 2 N–H and O–H groups in total. The quantitative estimate of drug-likeness (QED) is 0.578. The lowest BCUT2D eigenvalue weighted by Crippen LogP contribution is -2.52. The van der Waals surface area contributed by atoms with Crippen molar-refractivity contribution in [2.45, 2.75) is 45.7 Å². The lowest BCUT2D eigenvalue weighted by atomic mass is 9.84. The van der Waals surface area contributed by atoms with Gasteiger partial charge in [-0.2, -0.15) is 0 Å². The molecule has 0 aromatic heterocycles. The van der Waals surface area contributed by atoms with Gasteiger partial charge in [0.05, 0.1) is 11.4 Å². The highest BCUT2D eigenvalue weighted by atomic mass is 16.2. The molecule has 1 unspecified atom stereocenters. The van der Waals surface area contributed by atoms with E-state index in [1.165, 1.54) is 25.7 Å². The van der Waals surface area contributed by atoms with E-state index in [-0.39, 0.29) is 12.5 Å². The summed E-state index contributed by atoms with van der Waals surface area (Å²) in [6.07, 6.45) is 3.50. The smallest absolute Gasteiger partial charge is 0.321 e. The van der Waals surface area contributed by atoms with E-state index in [0.29, 0.717) is 35.5 Å². The van der Waals surface area contributed by atoms with Crippen LogP contribution in [-0.4, -0.2) is 79.8 Å². The van der Waals surface area contributed by atoms with E-state index in [4.69, 9.17) is 4.99 Å². The van der Waals surface area contributed by atoms with Crippen LogP contribution in [0.4, 0.5) is 16.2 Å². The van der Waals surface area contributed by atoms with Crippen LogP contribution in [0.15, 0.2) is 47.5 Å². The number of urea groups is 1. The number of hydrogen-bond donors (Lipinski definition) is 2. The number of para-hydroxylation sites is 1. The van der Waals surface area contributed by atoms with Crippen LogP contribution in [0.2, 0.25) is 0 Å². The molecule has 3 aliphatic heterocycles. The van der Waals surface area contributed by atoms with Crippen molar-refractivity contribution >= 4 is 34.9 Å². The highest BCUT2D eigenvalue weighted by molar-refractivity contribution is 6.15. The second kappa shape index (κ2) is 11.8. The molecule has 3 fully saturated rings. The Labute approximate surface area is 236 Å². The molecule has 3 heterocycles. The first-order valence-electron chi connectivity index (χ1n) is 14.2. The number of benzodiazepines with no additional fused rings is 1. The number of anilines is 2. The van der Waals surface area contributed by atoms with E-state index in [1.54, 1.807) is 11.0 Å². The molecule has 4 amide bonds. The first-order chi connectivity index (χ1) is 19.2. The molecule has 0 radical (unpaired) electrons. The Morgan fingerprint density at radius 1 is 1.00 bits per heavy atom. The third-order valence-corrected chi connectivity index (χ3v) is 8.18. The molecular weight excluding hydrogens is 504 g/mol. The molecule has 0 spiro atoms. The fourth-order valence-electron chi connectivity index (χ4n) is 6.21. The summed E-state index contributed by atoms with van der Waals surface area (Å²) >= 11 is 0. The summed E-state index contributed by atoms with van der Waals surface area (Å²) in [5, 5.41) is 5.59. The predicted molar refractivity (Wildman–Crippen MR) is 158 cm³/mol. The van der Waals surface area contributed by atoms with Gasteiger partial charge in [-0.3, -0.25) is 19.5 Å². The highest BCUT2D eigenvalue weighted by Gasteiger charge is 2.37. The van der Waals surface area contributed by atoms with Gasteiger partial charge in [-0.15, -0.1) is 0 Å². The first-order valence-corrected chi connectivity index (χ1v) is 14.2. The molecule has 2 bridgehead atoms. The van der Waals surface area contributed by atoms with E-state index in [0.717, 1.165) is 29.8 Å². The Kier molecular flexibility index (Phi) is 8.21. The number of nitrogens with one attached hydrogen (secondary N) is 2. The number of hydrogen-bond acceptors (Lipinski definition) is 5. The second-order valence-electron chi connectivity index (χ2n) is 11.8. The molecule has 2 aromatic rings. The minimum Gasteiger partial charge on any atom is -0.341 e. The molecule has 1 saturated carbocycles. The normalized spacial score (nSPS) is 22.4. The average Bonchev–Trinajstić information content (AvgIpc) is 3.28. The van der Waals surface area contributed by atoms with Gasteiger partial charge in [0.1, 0.15) is 6.54 Å². The third kappa shape index (κ3) is 6.20. The number of fused-ring (bicyclic) bond motifs is 5. The number of rotatable bonds is 6. The Bertz CT molecular complexity index is 1300. The van der Waals surface area contributed by atoms with Crippen LogP contribution in [0.3, 0.4) is 0 Å². The standard InChI is InChI=1S/C31H40N6O3/c1-20-7-5-9-24(15-20)32-31(40)34-29-30(39)37(19-27(38)36-16-22-11-12-23(17-36)14-13-22)28-21(2)8-6-10-25(28)26(33-29)18-35(3)4/h5-10,15,22-23,29H,11-14,16-19H2,1-4H3,(H2,32,34,40). The number of nitrogens with zero attached hydrogens (tertiary/aromatic N) is 4. The van der Waals surface area contributed by atoms with Gasteiger partial charge in [0.25, 0.3) is 5.91 Å². The predicted octanol–water partition coefficient (Wildman–Crippen LogP) is 3.80. The zero-order valence-corrected chi connectivity index (χ0v) is 23.9. The number of aryl methyl sites for hydroxylation is 2. The molecule has 1 atom stereocenters. The molecule has 40 heavy (non-hydrogen) atoms. The van der Waals surface area contributed by atoms with Gasteiger partial charge in [-0.25, -0.2) is 4.79 Å². The van der Waals surface area contributed by atoms with Crippen molar-refractivity contribution in [1.29, 1.82) is 0 Å². The van der Waals surface area contributed by atoms with Gasteiger partial charge in [0.2, 0.25) is 12.1 Å². The maximum absolute atomic E-state index is 14.2. The number of aliphatic imine (C=N–C) groups is 1. The van der Waals surface area contributed by atoms with Gasteiger partial charge in [-0.1, -0.05) is 30.3 Å². The summed E-state index contributed by atoms with van der Waals surface area (Å²) in [6.45, 7) is 5.78. The van der Waals surface area contributed by atoms with Crippen molar-refractivity contribution in [3.05, 3.63) is 59.2 Å². The van der Waals surface area contributed by atoms with Crippen LogP contribution < -0.4 is 15.5 Å². The van der Waals surface area contributed by atoms with Crippen molar-refractivity contribution in [3.63, 3.8) is 0 Å². The maximum atomic E-state index is 14.2. The molecular formula is C31H40N6O3. The minimum atomic E-state index is -1.18. The van der Waals surface area contributed by atoms with Crippen molar-refractivity contribution in [3.8, 4) is 0 Å². The van der Waals surface area contributed by atoms with Gasteiger partial charge in [-0.05, 0) is 88.7 Å². The lowest BCUT2D eigenvalue weighted by Gasteiger charge is -2.30. The Balaban J connectivity index is 1.46. The van der Waals surface area contributed by atoms with Crippen LogP contribution in [0.1, 0.15) is 42.4 Å². The largest absolute Gasteiger partial charge is 0.341 e. The molecule has 9 heteroatoms. The van der Waals surface area contributed by atoms with Gasteiger partial charge < -0.3 is 20.4 Å². The molecule has 4 aliphatic rings. The van der Waals surface area contributed by atoms with E-state index in [9.17, 15) is 14.4 Å². The second-order valence-corrected chi connectivity index (χ2v) is 11.8. The molecule has 212 valence electrons. The zero-order valence-electron chi connectivity index (χ0n) is 23.9. The van der Waals surface area contributed by atoms with E-state index in [1.807, 2.05) is 74.1 Å². The summed E-state index contributed by atoms with van der Waals surface area (Å²) in [5.74, 6) is 0.591. The molecule has 6 rings (SSSR count). The van der Waals surface area contributed by atoms with Crippen molar-refractivity contribution < 1.29 is 14.4 Å². The van der Waals surface area contributed by atoms with Crippen molar-refractivity contribution in [2.24, 2.45) is 16.8 Å². The summed E-state index contributed by atoms with van der Waals surface area (Å²) in [6, 6.07) is 12.7. The monoisotopic (exact) mass is 544 g/mol. The van der Waals surface area contributed by atoms with Crippen molar-refractivity contribution in [1.82, 2.24) is 15.1 Å². The minimum absolute atomic E-state index is 0.0552. The van der Waals surface area contributed by atoms with E-state index >= 15 is 0 Å². The molecule has 2 aromatic carbocycles.